The molecule has 0 aliphatic carbocycles. The lowest BCUT2D eigenvalue weighted by Gasteiger charge is -2.18. The number of ether oxygens (including phenoxy) is 2. The van der Waals surface area contributed by atoms with Crippen LogP contribution in [-0.4, -0.2) is 49.6 Å². The molecule has 0 saturated carbocycles. The van der Waals surface area contributed by atoms with Crippen molar-refractivity contribution in [2.24, 2.45) is 0 Å². The van der Waals surface area contributed by atoms with Crippen molar-refractivity contribution in [3.8, 4) is 11.5 Å². The molecular weight excluding hydrogens is 296 g/mol. The number of benzene rings is 1. The first-order valence-corrected chi connectivity index (χ1v) is 7.82. The first-order valence-electron chi connectivity index (χ1n) is 7.82. The summed E-state index contributed by atoms with van der Waals surface area (Å²) in [5.41, 5.74) is 0. The van der Waals surface area contributed by atoms with Gasteiger partial charge in [-0.2, -0.15) is 0 Å². The maximum absolute atomic E-state index is 12.0. The number of carbonyl (C=O) groups excluding carboxylic acids is 2. The molecule has 0 spiro atoms. The molecule has 0 heterocycles. The van der Waals surface area contributed by atoms with Gasteiger partial charge in [-0.25, -0.2) is 0 Å². The first kappa shape index (κ1) is 18.8. The summed E-state index contributed by atoms with van der Waals surface area (Å²) < 4.78 is 11.1. The second-order valence-corrected chi connectivity index (χ2v) is 5.56. The van der Waals surface area contributed by atoms with E-state index in [9.17, 15) is 9.59 Å². The Balaban J connectivity index is 2.51. The summed E-state index contributed by atoms with van der Waals surface area (Å²) in [5.74, 6) is 0.674. The Morgan fingerprint density at radius 2 is 1.78 bits per heavy atom. The van der Waals surface area contributed by atoms with Gasteiger partial charge in [-0.1, -0.05) is 19.1 Å². The monoisotopic (exact) mass is 322 g/mol. The summed E-state index contributed by atoms with van der Waals surface area (Å²) in [4.78, 5) is 25.0. The molecule has 0 aromatic heterocycles. The van der Waals surface area contributed by atoms with E-state index in [4.69, 9.17) is 9.47 Å². The van der Waals surface area contributed by atoms with Crippen LogP contribution in [-0.2, 0) is 9.59 Å². The summed E-state index contributed by atoms with van der Waals surface area (Å²) >= 11 is 0. The fourth-order valence-corrected chi connectivity index (χ4v) is 1.82. The highest BCUT2D eigenvalue weighted by Crippen LogP contribution is 2.26. The van der Waals surface area contributed by atoms with E-state index in [-0.39, 0.29) is 31.0 Å². The minimum atomic E-state index is -0.269. The highest BCUT2D eigenvalue weighted by Gasteiger charge is 2.15. The number of para-hydroxylation sites is 2. The van der Waals surface area contributed by atoms with E-state index in [1.807, 2.05) is 32.9 Å². The smallest absolute Gasteiger partial charge is 0.260 e. The van der Waals surface area contributed by atoms with Crippen LogP contribution in [0.1, 0.15) is 27.2 Å². The Hall–Kier alpha value is -2.24. The topological polar surface area (TPSA) is 67.9 Å². The standard InChI is InChI=1S/C17H26N2O4/c1-5-10-22-14-8-6-7-9-15(14)23-12-17(21)19(4)11-16(20)18-13(2)3/h6-9,13H,5,10-12H2,1-4H3,(H,18,20). The number of likely N-dealkylation sites (N-methyl/N-ethyl adjacent to an activating group) is 1. The zero-order valence-corrected chi connectivity index (χ0v) is 14.3. The van der Waals surface area contributed by atoms with Crippen molar-refractivity contribution >= 4 is 11.8 Å². The number of hydrogen-bond acceptors (Lipinski definition) is 4. The third-order valence-corrected chi connectivity index (χ3v) is 2.92. The molecule has 0 aliphatic heterocycles. The van der Waals surface area contributed by atoms with Crippen LogP contribution in [0.5, 0.6) is 11.5 Å². The molecule has 0 bridgehead atoms. The molecule has 1 aromatic carbocycles. The molecule has 1 N–H and O–H groups in total. The lowest BCUT2D eigenvalue weighted by Crippen LogP contribution is -2.42. The van der Waals surface area contributed by atoms with Gasteiger partial charge in [-0.05, 0) is 32.4 Å². The summed E-state index contributed by atoms with van der Waals surface area (Å²) in [6.07, 6.45) is 0.890. The van der Waals surface area contributed by atoms with Crippen molar-refractivity contribution in [1.82, 2.24) is 10.2 Å². The van der Waals surface area contributed by atoms with Gasteiger partial charge in [-0.15, -0.1) is 0 Å². The van der Waals surface area contributed by atoms with E-state index in [1.165, 1.54) is 4.90 Å². The van der Waals surface area contributed by atoms with Gasteiger partial charge in [0.15, 0.2) is 18.1 Å². The van der Waals surface area contributed by atoms with Crippen molar-refractivity contribution in [3.05, 3.63) is 24.3 Å². The fraction of sp³-hybridized carbons (Fsp3) is 0.529. The Kier molecular flexibility index (Phi) is 7.94. The Labute approximate surface area is 137 Å². The van der Waals surface area contributed by atoms with Gasteiger partial charge in [0.05, 0.1) is 13.2 Å². The molecular formula is C17H26N2O4. The fourth-order valence-electron chi connectivity index (χ4n) is 1.82. The summed E-state index contributed by atoms with van der Waals surface area (Å²) in [7, 11) is 1.57. The first-order chi connectivity index (χ1) is 10.9. The maximum atomic E-state index is 12.0. The zero-order valence-electron chi connectivity index (χ0n) is 14.3. The lowest BCUT2D eigenvalue weighted by molar-refractivity contribution is -0.136. The van der Waals surface area contributed by atoms with Crippen LogP contribution in [0.2, 0.25) is 0 Å². The highest BCUT2D eigenvalue weighted by atomic mass is 16.5. The molecule has 1 aromatic rings. The van der Waals surface area contributed by atoms with Crippen molar-refractivity contribution in [3.63, 3.8) is 0 Å². The van der Waals surface area contributed by atoms with Gasteiger partial charge in [-0.3, -0.25) is 9.59 Å². The number of carbonyl (C=O) groups is 2. The minimum absolute atomic E-state index is 0.00829. The predicted octanol–water partition coefficient (Wildman–Crippen LogP) is 1.84. The molecule has 0 saturated heterocycles. The number of amides is 2. The van der Waals surface area contributed by atoms with E-state index in [0.29, 0.717) is 18.1 Å². The van der Waals surface area contributed by atoms with Crippen LogP contribution in [0, 0.1) is 0 Å². The van der Waals surface area contributed by atoms with Crippen LogP contribution in [0.15, 0.2) is 24.3 Å². The Bertz CT molecular complexity index is 517. The van der Waals surface area contributed by atoms with Crippen LogP contribution >= 0.6 is 0 Å². The number of nitrogens with zero attached hydrogens (tertiary/aromatic N) is 1. The van der Waals surface area contributed by atoms with Crippen LogP contribution in [0.4, 0.5) is 0 Å². The van der Waals surface area contributed by atoms with Crippen molar-refractivity contribution in [1.29, 1.82) is 0 Å². The zero-order chi connectivity index (χ0) is 17.2. The third-order valence-electron chi connectivity index (χ3n) is 2.92. The highest BCUT2D eigenvalue weighted by molar-refractivity contribution is 5.85. The largest absolute Gasteiger partial charge is 0.490 e. The van der Waals surface area contributed by atoms with Gasteiger partial charge >= 0.3 is 0 Å². The molecule has 0 unspecified atom stereocenters. The van der Waals surface area contributed by atoms with Gasteiger partial charge in [0.2, 0.25) is 5.91 Å². The van der Waals surface area contributed by atoms with E-state index in [1.54, 1.807) is 19.2 Å². The summed E-state index contributed by atoms with van der Waals surface area (Å²) in [5, 5.41) is 2.74. The minimum Gasteiger partial charge on any atom is -0.490 e. The second kappa shape index (κ2) is 9.71. The van der Waals surface area contributed by atoms with Crippen LogP contribution in [0.3, 0.4) is 0 Å². The van der Waals surface area contributed by atoms with E-state index in [0.717, 1.165) is 6.42 Å². The molecule has 0 atom stereocenters. The normalized spacial score (nSPS) is 10.3. The SMILES string of the molecule is CCCOc1ccccc1OCC(=O)N(C)CC(=O)NC(C)C. The van der Waals surface area contributed by atoms with Gasteiger partial charge in [0, 0.05) is 13.1 Å². The van der Waals surface area contributed by atoms with Crippen LogP contribution < -0.4 is 14.8 Å². The average Bonchev–Trinajstić information content (AvgIpc) is 2.50. The third kappa shape index (κ3) is 7.04. The quantitative estimate of drug-likeness (QED) is 0.753. The summed E-state index contributed by atoms with van der Waals surface area (Å²) in [6.45, 7) is 6.21. The van der Waals surface area contributed by atoms with Gasteiger partial charge in [0.25, 0.3) is 5.91 Å². The maximum Gasteiger partial charge on any atom is 0.260 e. The number of nitrogens with one attached hydrogen (secondary N) is 1. The average molecular weight is 322 g/mol. The lowest BCUT2D eigenvalue weighted by atomic mass is 10.3. The molecule has 0 radical (unpaired) electrons. The molecule has 6 nitrogen and oxygen atoms in total. The van der Waals surface area contributed by atoms with Gasteiger partial charge in [0.1, 0.15) is 0 Å². The molecule has 1 rings (SSSR count). The molecule has 128 valence electrons. The molecule has 0 aliphatic rings. The molecule has 2 amide bonds. The van der Waals surface area contributed by atoms with Crippen molar-refractivity contribution < 1.29 is 19.1 Å². The number of hydrogen-bond donors (Lipinski definition) is 1. The Morgan fingerprint density at radius 1 is 1.17 bits per heavy atom. The van der Waals surface area contributed by atoms with E-state index in [2.05, 4.69) is 5.32 Å². The van der Waals surface area contributed by atoms with Crippen LogP contribution in [0.25, 0.3) is 0 Å². The Morgan fingerprint density at radius 3 is 2.35 bits per heavy atom. The predicted molar refractivity (Wildman–Crippen MR) is 88.6 cm³/mol. The molecule has 6 heteroatoms. The van der Waals surface area contributed by atoms with E-state index < -0.39 is 0 Å². The molecule has 23 heavy (non-hydrogen) atoms. The number of rotatable bonds is 9. The van der Waals surface area contributed by atoms with Gasteiger partial charge < -0.3 is 19.7 Å². The second-order valence-electron chi connectivity index (χ2n) is 5.56. The van der Waals surface area contributed by atoms with Crippen molar-refractivity contribution in [2.75, 3.05) is 26.8 Å². The molecule has 0 fully saturated rings. The summed E-state index contributed by atoms with van der Waals surface area (Å²) in [6, 6.07) is 7.27. The van der Waals surface area contributed by atoms with E-state index >= 15 is 0 Å². The van der Waals surface area contributed by atoms with Crippen molar-refractivity contribution in [2.45, 2.75) is 33.2 Å².